The minimum absolute atomic E-state index is 0.224. The van der Waals surface area contributed by atoms with Crippen molar-refractivity contribution in [2.24, 2.45) is 0 Å². The van der Waals surface area contributed by atoms with Gasteiger partial charge in [0.25, 0.3) is 0 Å². The Hall–Kier alpha value is -1.95. The molecule has 0 aliphatic carbocycles. The van der Waals surface area contributed by atoms with E-state index in [1.807, 2.05) is 6.26 Å². The number of pyridine rings is 1. The molecule has 126 valence electrons. The molecule has 0 bridgehead atoms. The predicted octanol–water partition coefficient (Wildman–Crippen LogP) is 5.93. The van der Waals surface area contributed by atoms with E-state index in [2.05, 4.69) is 21.5 Å². The van der Waals surface area contributed by atoms with E-state index >= 15 is 0 Å². The third kappa shape index (κ3) is 3.84. The summed E-state index contributed by atoms with van der Waals surface area (Å²) in [6.45, 7) is 3.72. The van der Waals surface area contributed by atoms with Gasteiger partial charge in [-0.3, -0.25) is 0 Å². The highest BCUT2D eigenvalue weighted by Gasteiger charge is 2.16. The van der Waals surface area contributed by atoms with Crippen molar-refractivity contribution in [3.63, 3.8) is 0 Å². The van der Waals surface area contributed by atoms with Crippen molar-refractivity contribution >= 4 is 40.0 Å². The summed E-state index contributed by atoms with van der Waals surface area (Å²) in [4.78, 5) is 13.2. The van der Waals surface area contributed by atoms with Crippen LogP contribution in [0.2, 0.25) is 5.15 Å². The zero-order valence-electron chi connectivity index (χ0n) is 13.1. The Kier molecular flexibility index (Phi) is 5.37. The highest BCUT2D eigenvalue weighted by Crippen LogP contribution is 2.36. The van der Waals surface area contributed by atoms with Crippen molar-refractivity contribution in [3.05, 3.63) is 65.7 Å². The summed E-state index contributed by atoms with van der Waals surface area (Å²) in [6.07, 6.45) is 3.57. The van der Waals surface area contributed by atoms with Crippen molar-refractivity contribution in [2.75, 3.05) is 6.26 Å². The molecule has 2 aromatic heterocycles. The molecule has 0 radical (unpaired) electrons. The third-order valence-electron chi connectivity index (χ3n) is 3.48. The molecule has 0 fully saturated rings. The molecular formula is C18H12Cl2FN3S. The van der Waals surface area contributed by atoms with Crippen molar-refractivity contribution in [2.45, 2.75) is 5.16 Å². The van der Waals surface area contributed by atoms with Crippen molar-refractivity contribution < 1.29 is 4.39 Å². The maximum absolute atomic E-state index is 13.3. The van der Waals surface area contributed by atoms with Crippen LogP contribution in [-0.4, -0.2) is 21.2 Å². The molecule has 0 saturated carbocycles. The van der Waals surface area contributed by atoms with Crippen LogP contribution in [0.5, 0.6) is 0 Å². The molecule has 0 amide bonds. The lowest BCUT2D eigenvalue weighted by molar-refractivity contribution is 0.628. The van der Waals surface area contributed by atoms with E-state index in [0.29, 0.717) is 33.2 Å². The highest BCUT2D eigenvalue weighted by atomic mass is 35.5. The topological polar surface area (TPSA) is 38.7 Å². The minimum atomic E-state index is -0.325. The van der Waals surface area contributed by atoms with Gasteiger partial charge in [0.05, 0.1) is 11.4 Å². The Labute approximate surface area is 159 Å². The van der Waals surface area contributed by atoms with E-state index < -0.39 is 0 Å². The van der Waals surface area contributed by atoms with Gasteiger partial charge >= 0.3 is 0 Å². The van der Waals surface area contributed by atoms with Crippen LogP contribution in [0.4, 0.5) is 4.39 Å². The van der Waals surface area contributed by atoms with Crippen LogP contribution >= 0.6 is 35.0 Å². The Bertz CT molecular complexity index is 946. The number of nitrogens with zero attached hydrogens (tertiary/aromatic N) is 3. The summed E-state index contributed by atoms with van der Waals surface area (Å²) in [5, 5.41) is 1.13. The predicted molar refractivity (Wildman–Crippen MR) is 102 cm³/mol. The van der Waals surface area contributed by atoms with Gasteiger partial charge in [0.1, 0.15) is 11.0 Å². The Balaban J connectivity index is 2.27. The number of halogens is 3. The number of aromatic nitrogens is 3. The van der Waals surface area contributed by atoms with E-state index in [1.165, 1.54) is 23.9 Å². The average Bonchev–Trinajstić information content (AvgIpc) is 2.62. The van der Waals surface area contributed by atoms with Gasteiger partial charge in [-0.15, -0.1) is 0 Å². The first-order chi connectivity index (χ1) is 12.0. The van der Waals surface area contributed by atoms with Gasteiger partial charge < -0.3 is 0 Å². The summed E-state index contributed by atoms with van der Waals surface area (Å²) >= 11 is 13.7. The van der Waals surface area contributed by atoms with E-state index in [-0.39, 0.29) is 16.0 Å². The molecule has 2 heterocycles. The fourth-order valence-corrected chi connectivity index (χ4v) is 3.09. The molecular weight excluding hydrogens is 380 g/mol. The van der Waals surface area contributed by atoms with Gasteiger partial charge in [0, 0.05) is 27.9 Å². The number of rotatable bonds is 4. The highest BCUT2D eigenvalue weighted by molar-refractivity contribution is 7.98. The maximum Gasteiger partial charge on any atom is 0.187 e. The fraction of sp³-hybridized carbons (Fsp3) is 0.0556. The quantitative estimate of drug-likeness (QED) is 0.313. The maximum atomic E-state index is 13.3. The van der Waals surface area contributed by atoms with Crippen LogP contribution in [0.3, 0.4) is 0 Å². The zero-order valence-corrected chi connectivity index (χ0v) is 15.5. The molecule has 0 N–H and O–H groups in total. The number of hydrogen-bond donors (Lipinski definition) is 0. The molecule has 1 aromatic carbocycles. The number of hydrogen-bond acceptors (Lipinski definition) is 4. The fourth-order valence-electron chi connectivity index (χ4n) is 2.29. The van der Waals surface area contributed by atoms with Gasteiger partial charge in [0.2, 0.25) is 0 Å². The zero-order chi connectivity index (χ0) is 18.0. The smallest absolute Gasteiger partial charge is 0.187 e. The van der Waals surface area contributed by atoms with Gasteiger partial charge in [-0.2, -0.15) is 0 Å². The van der Waals surface area contributed by atoms with Crippen LogP contribution in [0.25, 0.3) is 27.5 Å². The molecule has 0 aliphatic heterocycles. The van der Waals surface area contributed by atoms with E-state index in [9.17, 15) is 4.39 Å². The molecule has 0 aliphatic rings. The van der Waals surface area contributed by atoms with Gasteiger partial charge in [-0.1, -0.05) is 41.5 Å². The molecule has 3 aromatic rings. The first kappa shape index (κ1) is 17.9. The monoisotopic (exact) mass is 391 g/mol. The van der Waals surface area contributed by atoms with Crippen LogP contribution < -0.4 is 0 Å². The molecule has 0 saturated heterocycles. The van der Waals surface area contributed by atoms with Crippen molar-refractivity contribution in [3.8, 4) is 22.5 Å². The molecule has 7 heteroatoms. The molecule has 0 spiro atoms. The lowest BCUT2D eigenvalue weighted by Crippen LogP contribution is -1.97. The Morgan fingerprint density at radius 1 is 1.16 bits per heavy atom. The first-order valence-electron chi connectivity index (χ1n) is 7.18. The van der Waals surface area contributed by atoms with Crippen LogP contribution in [0.15, 0.2) is 54.3 Å². The Morgan fingerprint density at radius 2 is 1.88 bits per heavy atom. The molecule has 0 unspecified atom stereocenters. The van der Waals surface area contributed by atoms with E-state index in [1.54, 1.807) is 30.5 Å². The van der Waals surface area contributed by atoms with Crippen LogP contribution in [0, 0.1) is 5.82 Å². The number of thioether (sulfide) groups is 1. The normalized spacial score (nSPS) is 10.7. The first-order valence-corrected chi connectivity index (χ1v) is 9.16. The lowest BCUT2D eigenvalue weighted by atomic mass is 10.0. The minimum Gasteiger partial charge on any atom is -0.235 e. The average molecular weight is 392 g/mol. The van der Waals surface area contributed by atoms with E-state index in [0.717, 1.165) is 0 Å². The van der Waals surface area contributed by atoms with Gasteiger partial charge in [-0.25, -0.2) is 19.3 Å². The molecule has 3 nitrogen and oxygen atoms in total. The van der Waals surface area contributed by atoms with Gasteiger partial charge in [0.15, 0.2) is 5.16 Å². The second-order valence-electron chi connectivity index (χ2n) is 5.06. The second-order valence-corrected chi connectivity index (χ2v) is 6.65. The van der Waals surface area contributed by atoms with E-state index in [4.69, 9.17) is 23.2 Å². The summed E-state index contributed by atoms with van der Waals surface area (Å²) in [5.41, 5.74) is 3.20. The molecule has 25 heavy (non-hydrogen) atoms. The number of benzene rings is 1. The molecule has 3 rings (SSSR count). The van der Waals surface area contributed by atoms with Crippen LogP contribution in [-0.2, 0) is 0 Å². The second kappa shape index (κ2) is 7.52. The standard InChI is InChI=1S/C18H12Cl2FN3S/c1-10(19)13-9-14(15-7-8-22-18(23-15)25-2)16(24-17(13)20)11-3-5-12(21)6-4-11/h3-9H,1H2,2H3. The summed E-state index contributed by atoms with van der Waals surface area (Å²) < 4.78 is 13.3. The summed E-state index contributed by atoms with van der Waals surface area (Å²) in [7, 11) is 0. The van der Waals surface area contributed by atoms with Gasteiger partial charge in [-0.05, 0) is 42.7 Å². The lowest BCUT2D eigenvalue weighted by Gasteiger charge is -2.13. The summed E-state index contributed by atoms with van der Waals surface area (Å²) in [5.74, 6) is -0.325. The third-order valence-corrected chi connectivity index (χ3v) is 4.53. The van der Waals surface area contributed by atoms with Crippen molar-refractivity contribution in [1.29, 1.82) is 0 Å². The van der Waals surface area contributed by atoms with Crippen molar-refractivity contribution in [1.82, 2.24) is 15.0 Å². The molecule has 0 atom stereocenters. The Morgan fingerprint density at radius 3 is 2.52 bits per heavy atom. The SMILES string of the molecule is C=C(Cl)c1cc(-c2ccnc(SC)n2)c(-c2ccc(F)cc2)nc1Cl. The summed E-state index contributed by atoms with van der Waals surface area (Å²) in [6, 6.07) is 9.59. The largest absolute Gasteiger partial charge is 0.235 e. The van der Waals surface area contributed by atoms with Crippen LogP contribution in [0.1, 0.15) is 5.56 Å².